The number of carbonyl (C=O) groups is 1. The number of hydrogen-bond donors (Lipinski definition) is 1. The minimum Gasteiger partial charge on any atom is -0.369 e. The molecule has 2 aliphatic heterocycles. The molecule has 28 heavy (non-hydrogen) atoms. The van der Waals surface area contributed by atoms with Crippen molar-refractivity contribution in [2.24, 2.45) is 4.99 Å². The molecule has 1 saturated heterocycles. The van der Waals surface area contributed by atoms with Gasteiger partial charge in [0.15, 0.2) is 5.49 Å². The van der Waals surface area contributed by atoms with Crippen LogP contribution in [-0.4, -0.2) is 61.0 Å². The highest BCUT2D eigenvalue weighted by molar-refractivity contribution is 7.88. The van der Waals surface area contributed by atoms with Crippen LogP contribution in [-0.2, 0) is 14.8 Å². The first-order valence-corrected chi connectivity index (χ1v) is 10.8. The lowest BCUT2D eigenvalue weighted by Gasteiger charge is -2.34. The number of carbonyl (C=O) groups excluding carboxylic acids is 1. The van der Waals surface area contributed by atoms with Gasteiger partial charge >= 0.3 is 0 Å². The Morgan fingerprint density at radius 2 is 1.79 bits per heavy atom. The van der Waals surface area contributed by atoms with Gasteiger partial charge in [0.1, 0.15) is 0 Å². The van der Waals surface area contributed by atoms with E-state index in [9.17, 15) is 13.2 Å². The molecule has 9 nitrogen and oxygen atoms in total. The number of aromatic nitrogens is 2. The van der Waals surface area contributed by atoms with Gasteiger partial charge in [-0.05, 0) is 24.3 Å². The number of hydrogen-bond acceptors (Lipinski definition) is 7. The molecule has 146 valence electrons. The van der Waals surface area contributed by atoms with Crippen LogP contribution in [0.15, 0.2) is 35.5 Å². The minimum absolute atomic E-state index is 0.211. The topological polar surface area (TPSA) is 108 Å². The van der Waals surface area contributed by atoms with E-state index in [0.717, 1.165) is 16.6 Å². The first kappa shape index (κ1) is 18.5. The largest absolute Gasteiger partial charge is 0.369 e. The molecule has 0 bridgehead atoms. The Balaban J connectivity index is 1.44. The summed E-state index contributed by atoms with van der Waals surface area (Å²) in [6, 6.07) is 7.77. The van der Waals surface area contributed by atoms with Crippen molar-refractivity contribution in [1.82, 2.24) is 14.3 Å². The van der Waals surface area contributed by atoms with Crippen LogP contribution in [0.2, 0.25) is 0 Å². The van der Waals surface area contributed by atoms with Crippen molar-refractivity contribution in [3.63, 3.8) is 0 Å². The van der Waals surface area contributed by atoms with Crippen LogP contribution < -0.4 is 20.9 Å². The number of nitrogens with zero attached hydrogens (tertiary/aromatic N) is 5. The van der Waals surface area contributed by atoms with Gasteiger partial charge in [0.25, 0.3) is 5.91 Å². The van der Waals surface area contributed by atoms with Gasteiger partial charge in [-0.2, -0.15) is 14.3 Å². The van der Waals surface area contributed by atoms with E-state index < -0.39 is 10.0 Å². The number of benzene rings is 1. The van der Waals surface area contributed by atoms with Gasteiger partial charge in [-0.25, -0.2) is 13.4 Å². The van der Waals surface area contributed by atoms with Crippen molar-refractivity contribution >= 4 is 39.3 Å². The molecule has 0 spiro atoms. The molecule has 0 aliphatic carbocycles. The van der Waals surface area contributed by atoms with E-state index in [-0.39, 0.29) is 12.3 Å². The van der Waals surface area contributed by atoms with Crippen LogP contribution in [0.1, 0.15) is 6.42 Å². The van der Waals surface area contributed by atoms with Crippen molar-refractivity contribution < 1.29 is 13.2 Å². The molecule has 10 heteroatoms. The maximum atomic E-state index is 11.6. The van der Waals surface area contributed by atoms with Crippen LogP contribution in [0.5, 0.6) is 0 Å². The second-order valence-electron chi connectivity index (χ2n) is 6.71. The fourth-order valence-electron chi connectivity index (χ4n) is 3.20. The number of fused-ring (bicyclic) bond motifs is 1. The Morgan fingerprint density at radius 1 is 1.07 bits per heavy atom. The molecule has 3 heterocycles. The Kier molecular flexibility index (Phi) is 4.82. The molecule has 0 radical (unpaired) electrons. The fourth-order valence-corrected chi connectivity index (χ4v) is 4.03. The molecule has 1 aromatic heterocycles. The number of rotatable bonds is 4. The summed E-state index contributed by atoms with van der Waals surface area (Å²) >= 11 is 0. The van der Waals surface area contributed by atoms with E-state index in [2.05, 4.69) is 25.2 Å². The lowest BCUT2D eigenvalue weighted by molar-refractivity contribution is -0.117. The van der Waals surface area contributed by atoms with Crippen molar-refractivity contribution in [3.05, 3.63) is 41.2 Å². The highest BCUT2D eigenvalue weighted by atomic mass is 32.2. The zero-order chi connectivity index (χ0) is 19.7. The summed E-state index contributed by atoms with van der Waals surface area (Å²) in [5, 5.41) is 3.87. The first-order chi connectivity index (χ1) is 13.4. The number of sulfonamides is 1. The summed E-state index contributed by atoms with van der Waals surface area (Å²) in [5.74, 6) is 0.164. The zero-order valence-electron chi connectivity index (χ0n) is 15.4. The molecular formula is C18H20N6O3S. The molecule has 1 fully saturated rings. The lowest BCUT2D eigenvalue weighted by atomic mass is 10.2. The minimum atomic E-state index is -3.13. The quantitative estimate of drug-likeness (QED) is 0.746. The molecule has 2 aromatic rings. The lowest BCUT2D eigenvalue weighted by Crippen LogP contribution is -2.48. The molecule has 2 aliphatic rings. The SMILES string of the molecule is CS(=O)(=O)N1CCN(c2ccc(Nc3ncc4c(n3)=NC(=O)CC=4)cc2)CC1. The third-order valence-electron chi connectivity index (χ3n) is 4.72. The predicted molar refractivity (Wildman–Crippen MR) is 105 cm³/mol. The van der Waals surface area contributed by atoms with E-state index >= 15 is 0 Å². The van der Waals surface area contributed by atoms with Crippen LogP contribution in [0.4, 0.5) is 17.3 Å². The second-order valence-corrected chi connectivity index (χ2v) is 8.69. The first-order valence-electron chi connectivity index (χ1n) is 8.90. The van der Waals surface area contributed by atoms with Gasteiger partial charge < -0.3 is 10.2 Å². The number of amides is 1. The average molecular weight is 400 g/mol. The maximum Gasteiger partial charge on any atom is 0.251 e. The Bertz CT molecular complexity index is 1120. The molecule has 1 amide bonds. The van der Waals surface area contributed by atoms with Crippen molar-refractivity contribution in [3.8, 4) is 0 Å². The Hall–Kier alpha value is -2.85. The average Bonchev–Trinajstić information content (AvgIpc) is 2.68. The van der Waals surface area contributed by atoms with Crippen LogP contribution >= 0.6 is 0 Å². The van der Waals surface area contributed by atoms with Crippen molar-refractivity contribution in [2.45, 2.75) is 6.42 Å². The van der Waals surface area contributed by atoms with Gasteiger partial charge in [0.05, 0.1) is 6.26 Å². The van der Waals surface area contributed by atoms with Crippen LogP contribution in [0.3, 0.4) is 0 Å². The van der Waals surface area contributed by atoms with Crippen LogP contribution in [0, 0.1) is 0 Å². The Labute approximate surface area is 162 Å². The third kappa shape index (κ3) is 4.02. The van der Waals surface area contributed by atoms with E-state index in [1.54, 1.807) is 12.3 Å². The highest BCUT2D eigenvalue weighted by Crippen LogP contribution is 2.21. The molecule has 0 saturated carbocycles. The maximum absolute atomic E-state index is 11.6. The monoisotopic (exact) mass is 400 g/mol. The Morgan fingerprint density at radius 3 is 2.46 bits per heavy atom. The zero-order valence-corrected chi connectivity index (χ0v) is 16.2. The second kappa shape index (κ2) is 7.28. The molecule has 1 aromatic carbocycles. The smallest absolute Gasteiger partial charge is 0.251 e. The number of nitrogens with one attached hydrogen (secondary N) is 1. The van der Waals surface area contributed by atoms with Gasteiger partial charge in [-0.15, -0.1) is 0 Å². The number of anilines is 3. The summed E-state index contributed by atoms with van der Waals surface area (Å²) < 4.78 is 24.7. The summed E-state index contributed by atoms with van der Waals surface area (Å²) in [6.07, 6.45) is 4.94. The van der Waals surface area contributed by atoms with E-state index in [0.29, 0.717) is 37.6 Å². The normalized spacial score (nSPS) is 17.5. The number of piperazine rings is 1. The van der Waals surface area contributed by atoms with Gasteiger partial charge in [-0.1, -0.05) is 6.08 Å². The third-order valence-corrected chi connectivity index (χ3v) is 6.02. The fraction of sp³-hybridized carbons (Fsp3) is 0.333. The van der Waals surface area contributed by atoms with Crippen LogP contribution in [0.25, 0.3) is 6.08 Å². The van der Waals surface area contributed by atoms with Crippen molar-refractivity contribution in [1.29, 1.82) is 0 Å². The standard InChI is InChI=1S/C18H20N6O3S/c1-28(26,27)24-10-8-23(9-11-24)15-5-3-14(4-6-15)20-18-19-12-13-2-7-16(25)21-17(13)22-18/h2-6,12H,7-11H2,1H3,(H,20,21,22,25). The predicted octanol–water partition coefficient (Wildman–Crippen LogP) is -0.368. The van der Waals surface area contributed by atoms with Gasteiger partial charge in [0, 0.05) is 55.4 Å². The van der Waals surface area contributed by atoms with Crippen molar-refractivity contribution in [2.75, 3.05) is 42.7 Å². The molecular weight excluding hydrogens is 380 g/mol. The summed E-state index contributed by atoms with van der Waals surface area (Å²) in [4.78, 5) is 26.1. The van der Waals surface area contributed by atoms with E-state index in [1.807, 2.05) is 24.3 Å². The summed E-state index contributed by atoms with van der Waals surface area (Å²) in [5.41, 5.74) is 2.22. The highest BCUT2D eigenvalue weighted by Gasteiger charge is 2.23. The van der Waals surface area contributed by atoms with Gasteiger partial charge in [0.2, 0.25) is 16.0 Å². The van der Waals surface area contributed by atoms with E-state index in [4.69, 9.17) is 0 Å². The molecule has 0 unspecified atom stereocenters. The molecule has 1 N–H and O–H groups in total. The molecule has 4 rings (SSSR count). The van der Waals surface area contributed by atoms with Gasteiger partial charge in [-0.3, -0.25) is 4.79 Å². The summed E-state index contributed by atoms with van der Waals surface area (Å²) in [6.45, 7) is 2.28. The van der Waals surface area contributed by atoms with E-state index in [1.165, 1.54) is 10.6 Å². The molecule has 0 atom stereocenters. The summed E-state index contributed by atoms with van der Waals surface area (Å²) in [7, 11) is -3.13.